The number of carbonyl (C=O) groups excluding carboxylic acids is 1. The minimum Gasteiger partial charge on any atom is -0.309 e. The van der Waals surface area contributed by atoms with Crippen molar-refractivity contribution in [1.82, 2.24) is 0 Å². The summed E-state index contributed by atoms with van der Waals surface area (Å²) < 4.78 is 27.1. The smallest absolute Gasteiger partial charge is 0.227 e. The Morgan fingerprint density at radius 3 is 2.71 bits per heavy atom. The lowest BCUT2D eigenvalue weighted by Crippen LogP contribution is -2.26. The van der Waals surface area contributed by atoms with Gasteiger partial charge in [0, 0.05) is 24.4 Å². The van der Waals surface area contributed by atoms with E-state index in [-0.39, 0.29) is 23.1 Å². The first-order valence-corrected chi connectivity index (χ1v) is 6.47. The average Bonchev–Trinajstić information content (AvgIpc) is 2.65. The van der Waals surface area contributed by atoms with Gasteiger partial charge in [-0.1, -0.05) is 15.9 Å². The molecule has 1 atom stereocenters. The molecule has 1 aliphatic rings. The number of anilines is 1. The maximum atomic E-state index is 13.7. The lowest BCUT2D eigenvalue weighted by Gasteiger charge is -2.17. The summed E-state index contributed by atoms with van der Waals surface area (Å²) in [5.41, 5.74) is 0.288. The van der Waals surface area contributed by atoms with Crippen LogP contribution in [0.5, 0.6) is 0 Å². The van der Waals surface area contributed by atoms with Gasteiger partial charge in [0.2, 0.25) is 5.91 Å². The predicted molar refractivity (Wildman–Crippen MR) is 65.3 cm³/mol. The molecule has 0 N–H and O–H groups in total. The van der Waals surface area contributed by atoms with Gasteiger partial charge in [-0.25, -0.2) is 8.78 Å². The average molecular weight is 304 g/mol. The number of rotatable bonds is 2. The molecule has 1 unspecified atom stereocenters. The van der Waals surface area contributed by atoms with Crippen molar-refractivity contribution in [1.29, 1.82) is 0 Å². The van der Waals surface area contributed by atoms with E-state index in [1.165, 1.54) is 11.8 Å². The summed E-state index contributed by atoms with van der Waals surface area (Å²) in [6.07, 6.45) is 0.375. The maximum Gasteiger partial charge on any atom is 0.227 e. The number of hydrogen-bond acceptors (Lipinski definition) is 1. The first-order chi connectivity index (χ1) is 8.02. The fourth-order valence-corrected chi connectivity index (χ4v) is 2.39. The van der Waals surface area contributed by atoms with Gasteiger partial charge >= 0.3 is 0 Å². The van der Waals surface area contributed by atoms with E-state index in [2.05, 4.69) is 15.9 Å². The van der Waals surface area contributed by atoms with Gasteiger partial charge in [-0.3, -0.25) is 4.79 Å². The third kappa shape index (κ3) is 2.34. The van der Waals surface area contributed by atoms with E-state index in [9.17, 15) is 13.6 Å². The van der Waals surface area contributed by atoms with Gasteiger partial charge in [-0.05, 0) is 24.5 Å². The Kier molecular flexibility index (Phi) is 3.47. The topological polar surface area (TPSA) is 20.3 Å². The van der Waals surface area contributed by atoms with Crippen molar-refractivity contribution in [2.75, 3.05) is 16.8 Å². The van der Waals surface area contributed by atoms with Crippen LogP contribution in [0.1, 0.15) is 12.0 Å². The van der Waals surface area contributed by atoms with Crippen molar-refractivity contribution in [2.45, 2.75) is 13.3 Å². The lowest BCUT2D eigenvalue weighted by molar-refractivity contribution is -0.117. The van der Waals surface area contributed by atoms with Crippen molar-refractivity contribution < 1.29 is 13.6 Å². The van der Waals surface area contributed by atoms with E-state index in [0.717, 1.165) is 12.1 Å². The summed E-state index contributed by atoms with van der Waals surface area (Å²) in [6.45, 7) is 1.93. The second kappa shape index (κ2) is 4.72. The molecule has 1 amide bonds. The Bertz CT molecular complexity index is 464. The van der Waals surface area contributed by atoms with Gasteiger partial charge in [0.1, 0.15) is 11.6 Å². The van der Waals surface area contributed by atoms with Crippen LogP contribution in [-0.4, -0.2) is 17.8 Å². The minimum absolute atomic E-state index is 0.0431. The summed E-state index contributed by atoms with van der Waals surface area (Å²) >= 11 is 3.30. The fourth-order valence-electron chi connectivity index (χ4n) is 1.96. The molecule has 1 heterocycles. The van der Waals surface area contributed by atoms with Gasteiger partial charge in [0.15, 0.2) is 0 Å². The molecule has 1 aromatic rings. The van der Waals surface area contributed by atoms with Crippen molar-refractivity contribution >= 4 is 27.5 Å². The summed E-state index contributed by atoms with van der Waals surface area (Å²) in [7, 11) is 0. The van der Waals surface area contributed by atoms with Gasteiger partial charge in [0.25, 0.3) is 0 Å². The van der Waals surface area contributed by atoms with Gasteiger partial charge in [-0.2, -0.15) is 0 Å². The minimum atomic E-state index is -0.549. The molecule has 92 valence electrons. The van der Waals surface area contributed by atoms with Crippen LogP contribution in [0, 0.1) is 24.5 Å². The van der Waals surface area contributed by atoms with E-state index in [1.807, 2.05) is 0 Å². The monoisotopic (exact) mass is 303 g/mol. The number of carbonyl (C=O) groups is 1. The third-order valence-corrected chi connectivity index (χ3v) is 3.86. The molecule has 5 heteroatoms. The molecule has 1 fully saturated rings. The van der Waals surface area contributed by atoms with E-state index in [4.69, 9.17) is 0 Å². The molecule has 0 aliphatic carbocycles. The highest BCUT2D eigenvalue weighted by molar-refractivity contribution is 9.09. The van der Waals surface area contributed by atoms with E-state index >= 15 is 0 Å². The lowest BCUT2D eigenvalue weighted by atomic mass is 10.1. The zero-order valence-corrected chi connectivity index (χ0v) is 10.9. The second-order valence-corrected chi connectivity index (χ2v) is 4.93. The first-order valence-electron chi connectivity index (χ1n) is 5.35. The molecule has 0 spiro atoms. The molecule has 1 saturated heterocycles. The van der Waals surface area contributed by atoms with Gasteiger partial charge in [-0.15, -0.1) is 0 Å². The van der Waals surface area contributed by atoms with E-state index in [0.29, 0.717) is 18.3 Å². The number of amides is 1. The Hall–Kier alpha value is -0.970. The van der Waals surface area contributed by atoms with Gasteiger partial charge < -0.3 is 4.90 Å². The molecule has 17 heavy (non-hydrogen) atoms. The SMILES string of the molecule is Cc1cc(F)c(N2CC(CBr)CC2=O)cc1F. The number of hydrogen-bond donors (Lipinski definition) is 0. The van der Waals surface area contributed by atoms with Crippen LogP contribution in [0.4, 0.5) is 14.5 Å². The highest BCUT2D eigenvalue weighted by Gasteiger charge is 2.31. The Morgan fingerprint density at radius 2 is 2.12 bits per heavy atom. The summed E-state index contributed by atoms with van der Waals surface area (Å²) in [5, 5.41) is 0.686. The highest BCUT2D eigenvalue weighted by atomic mass is 79.9. The normalized spacial score (nSPS) is 20.1. The van der Waals surface area contributed by atoms with Crippen molar-refractivity contribution in [2.24, 2.45) is 5.92 Å². The summed E-state index contributed by atoms with van der Waals surface area (Å²) in [4.78, 5) is 13.0. The van der Waals surface area contributed by atoms with Crippen LogP contribution < -0.4 is 4.90 Å². The number of benzene rings is 1. The summed E-state index contributed by atoms with van der Waals surface area (Å²) in [5.74, 6) is -1.04. The second-order valence-electron chi connectivity index (χ2n) is 4.28. The van der Waals surface area contributed by atoms with E-state index in [1.54, 1.807) is 0 Å². The predicted octanol–water partition coefficient (Wildman–Crippen LogP) is 3.02. The van der Waals surface area contributed by atoms with Crippen LogP contribution in [0.2, 0.25) is 0 Å². The Balaban J connectivity index is 2.35. The molecule has 0 radical (unpaired) electrons. The van der Waals surface area contributed by atoms with Crippen LogP contribution in [0.25, 0.3) is 0 Å². The van der Waals surface area contributed by atoms with Crippen molar-refractivity contribution in [3.63, 3.8) is 0 Å². The Morgan fingerprint density at radius 1 is 1.41 bits per heavy atom. The van der Waals surface area contributed by atoms with Crippen LogP contribution in [-0.2, 0) is 4.79 Å². The molecule has 0 bridgehead atoms. The van der Waals surface area contributed by atoms with Gasteiger partial charge in [0.05, 0.1) is 5.69 Å². The van der Waals surface area contributed by atoms with Crippen LogP contribution in [0.15, 0.2) is 12.1 Å². The molecule has 1 aromatic carbocycles. The molecule has 2 nitrogen and oxygen atoms in total. The number of halogens is 3. The molecule has 0 saturated carbocycles. The van der Waals surface area contributed by atoms with Crippen molar-refractivity contribution in [3.05, 3.63) is 29.3 Å². The largest absolute Gasteiger partial charge is 0.309 e. The molecular formula is C12H12BrF2NO. The zero-order chi connectivity index (χ0) is 12.6. The summed E-state index contributed by atoms with van der Waals surface area (Å²) in [6, 6.07) is 2.22. The van der Waals surface area contributed by atoms with E-state index < -0.39 is 11.6 Å². The molecule has 1 aliphatic heterocycles. The first kappa shape index (κ1) is 12.5. The number of alkyl halides is 1. The fraction of sp³-hybridized carbons (Fsp3) is 0.417. The van der Waals surface area contributed by atoms with Crippen LogP contribution in [0.3, 0.4) is 0 Å². The third-order valence-electron chi connectivity index (χ3n) is 2.94. The Labute approximate surface area is 107 Å². The standard InChI is InChI=1S/C12H12BrF2NO/c1-7-2-10(15)11(4-9(7)14)16-6-8(5-13)3-12(16)17/h2,4,8H,3,5-6H2,1H3. The zero-order valence-electron chi connectivity index (χ0n) is 9.34. The number of aryl methyl sites for hydroxylation is 1. The number of nitrogens with zero attached hydrogens (tertiary/aromatic N) is 1. The van der Waals surface area contributed by atoms with Crippen molar-refractivity contribution in [3.8, 4) is 0 Å². The quantitative estimate of drug-likeness (QED) is 0.769. The molecule has 0 aromatic heterocycles. The maximum absolute atomic E-state index is 13.7. The highest BCUT2D eigenvalue weighted by Crippen LogP contribution is 2.29. The molecular weight excluding hydrogens is 292 g/mol. The molecule has 2 rings (SSSR count). The van der Waals surface area contributed by atoms with Crippen LogP contribution >= 0.6 is 15.9 Å².